The molecular formula is C18H18ClF2N3O3. The van der Waals surface area contributed by atoms with Crippen LogP contribution in [-0.2, 0) is 4.79 Å². The maximum atomic E-state index is 13.5. The van der Waals surface area contributed by atoms with Crippen LogP contribution >= 0.6 is 11.6 Å². The number of benzene rings is 2. The molecule has 9 heteroatoms. The molecule has 0 bridgehead atoms. The van der Waals surface area contributed by atoms with E-state index in [4.69, 9.17) is 16.3 Å². The summed E-state index contributed by atoms with van der Waals surface area (Å²) < 4.78 is 31.8. The maximum Gasteiger partial charge on any atom is 0.338 e. The number of anilines is 1. The monoisotopic (exact) mass is 397 g/mol. The van der Waals surface area contributed by atoms with Gasteiger partial charge in [0.05, 0.1) is 5.69 Å². The van der Waals surface area contributed by atoms with E-state index in [0.29, 0.717) is 16.8 Å². The summed E-state index contributed by atoms with van der Waals surface area (Å²) >= 11 is 6.08. The molecule has 1 atom stereocenters. The Morgan fingerprint density at radius 1 is 1.07 bits per heavy atom. The van der Waals surface area contributed by atoms with Gasteiger partial charge in [-0.15, -0.1) is 0 Å². The summed E-state index contributed by atoms with van der Waals surface area (Å²) in [6.07, 6.45) is -0.923. The number of amides is 3. The van der Waals surface area contributed by atoms with Gasteiger partial charge in [0.2, 0.25) is 0 Å². The number of ether oxygens (including phenoxy) is 1. The number of halogens is 3. The van der Waals surface area contributed by atoms with Crippen LogP contribution in [0.3, 0.4) is 0 Å². The Morgan fingerprint density at radius 2 is 1.70 bits per heavy atom. The van der Waals surface area contributed by atoms with E-state index in [0.717, 1.165) is 23.3 Å². The normalized spacial score (nSPS) is 11.5. The van der Waals surface area contributed by atoms with E-state index in [9.17, 15) is 18.4 Å². The van der Waals surface area contributed by atoms with Gasteiger partial charge in [0.1, 0.15) is 17.4 Å². The molecule has 0 fully saturated rings. The van der Waals surface area contributed by atoms with Gasteiger partial charge in [0, 0.05) is 11.1 Å². The SMILES string of the molecule is Cc1cc(O[C@@H](C)C(=O)NNC(=O)Nc2ccc(F)cc2F)cc(C)c1Cl. The Morgan fingerprint density at radius 3 is 2.30 bits per heavy atom. The van der Waals surface area contributed by atoms with Crippen LogP contribution in [0.1, 0.15) is 18.1 Å². The molecule has 2 aromatic rings. The third-order valence-corrected chi connectivity index (χ3v) is 4.17. The van der Waals surface area contributed by atoms with E-state index in [2.05, 4.69) is 16.2 Å². The Balaban J connectivity index is 1.88. The second-order valence-corrected chi connectivity index (χ2v) is 6.20. The van der Waals surface area contributed by atoms with Crippen LogP contribution in [0.5, 0.6) is 5.75 Å². The summed E-state index contributed by atoms with van der Waals surface area (Å²) in [4.78, 5) is 23.7. The van der Waals surface area contributed by atoms with Crippen molar-refractivity contribution in [3.8, 4) is 5.75 Å². The molecule has 0 aromatic heterocycles. The first-order valence-corrected chi connectivity index (χ1v) is 8.30. The highest BCUT2D eigenvalue weighted by Crippen LogP contribution is 2.26. The molecule has 2 rings (SSSR count). The molecule has 6 nitrogen and oxygen atoms in total. The zero-order chi connectivity index (χ0) is 20.1. The van der Waals surface area contributed by atoms with E-state index in [-0.39, 0.29) is 5.69 Å². The fraction of sp³-hybridized carbons (Fsp3) is 0.222. The topological polar surface area (TPSA) is 79.5 Å². The fourth-order valence-electron chi connectivity index (χ4n) is 2.20. The second kappa shape index (κ2) is 8.68. The zero-order valence-corrected chi connectivity index (χ0v) is 15.6. The molecular weight excluding hydrogens is 380 g/mol. The van der Waals surface area contributed by atoms with E-state index in [1.165, 1.54) is 6.92 Å². The average molecular weight is 398 g/mol. The molecule has 0 aliphatic carbocycles. The number of aryl methyl sites for hydroxylation is 2. The Bertz CT molecular complexity index is 854. The molecule has 144 valence electrons. The van der Waals surface area contributed by atoms with Crippen molar-refractivity contribution >= 4 is 29.2 Å². The minimum atomic E-state index is -0.943. The summed E-state index contributed by atoms with van der Waals surface area (Å²) in [5.74, 6) is -1.89. The third-order valence-electron chi connectivity index (χ3n) is 3.57. The second-order valence-electron chi connectivity index (χ2n) is 5.82. The first-order valence-electron chi connectivity index (χ1n) is 7.92. The van der Waals surface area contributed by atoms with Gasteiger partial charge in [-0.05, 0) is 56.2 Å². The predicted molar refractivity (Wildman–Crippen MR) is 97.7 cm³/mol. The van der Waals surface area contributed by atoms with E-state index in [1.807, 2.05) is 13.8 Å². The van der Waals surface area contributed by atoms with Crippen LogP contribution < -0.4 is 20.9 Å². The molecule has 0 unspecified atom stereocenters. The van der Waals surface area contributed by atoms with Gasteiger partial charge in [0.15, 0.2) is 6.10 Å². The molecule has 27 heavy (non-hydrogen) atoms. The van der Waals surface area contributed by atoms with Gasteiger partial charge in [-0.3, -0.25) is 10.2 Å². The molecule has 0 saturated carbocycles. The highest BCUT2D eigenvalue weighted by Gasteiger charge is 2.17. The van der Waals surface area contributed by atoms with Crippen molar-refractivity contribution in [2.75, 3.05) is 5.32 Å². The standard InChI is InChI=1S/C18H18ClF2N3O3/c1-9-6-13(7-10(2)16(9)19)27-11(3)17(25)23-24-18(26)22-15-5-4-12(20)8-14(15)21/h4-8,11H,1-3H3,(H,23,25)(H2,22,24,26)/t11-/m0/s1. The Hall–Kier alpha value is -2.87. The van der Waals surface area contributed by atoms with Gasteiger partial charge >= 0.3 is 6.03 Å². The summed E-state index contributed by atoms with van der Waals surface area (Å²) in [5, 5.41) is 2.76. The van der Waals surface area contributed by atoms with Crippen LogP contribution in [0.2, 0.25) is 5.02 Å². The number of carbonyl (C=O) groups is 2. The van der Waals surface area contributed by atoms with Crippen molar-refractivity contribution in [2.45, 2.75) is 26.9 Å². The number of hydrogen-bond donors (Lipinski definition) is 3. The zero-order valence-electron chi connectivity index (χ0n) is 14.8. The average Bonchev–Trinajstić information content (AvgIpc) is 2.59. The third kappa shape index (κ3) is 5.55. The Labute approximate surface area is 159 Å². The number of hydrogen-bond acceptors (Lipinski definition) is 3. The predicted octanol–water partition coefficient (Wildman–Crippen LogP) is 3.86. The summed E-state index contributed by atoms with van der Waals surface area (Å²) in [5.41, 5.74) is 5.58. The minimum Gasteiger partial charge on any atom is -0.481 e. The van der Waals surface area contributed by atoms with E-state index in [1.54, 1.807) is 12.1 Å². The van der Waals surface area contributed by atoms with E-state index < -0.39 is 29.7 Å². The molecule has 0 aliphatic rings. The number of nitrogens with one attached hydrogen (secondary N) is 3. The Kier molecular flexibility index (Phi) is 6.57. The summed E-state index contributed by atoms with van der Waals surface area (Å²) in [7, 11) is 0. The molecule has 0 aliphatic heterocycles. The van der Waals surface area contributed by atoms with Crippen LogP contribution in [0.4, 0.5) is 19.3 Å². The molecule has 3 amide bonds. The molecule has 0 heterocycles. The number of carbonyl (C=O) groups excluding carboxylic acids is 2. The lowest BCUT2D eigenvalue weighted by atomic mass is 10.1. The number of urea groups is 1. The van der Waals surface area contributed by atoms with Gasteiger partial charge in [0.25, 0.3) is 5.91 Å². The fourth-order valence-corrected chi connectivity index (χ4v) is 2.31. The maximum absolute atomic E-state index is 13.5. The lowest BCUT2D eigenvalue weighted by Crippen LogP contribution is -2.48. The smallest absolute Gasteiger partial charge is 0.338 e. The highest BCUT2D eigenvalue weighted by molar-refractivity contribution is 6.32. The van der Waals surface area contributed by atoms with Gasteiger partial charge < -0.3 is 10.1 Å². The molecule has 3 N–H and O–H groups in total. The van der Waals surface area contributed by atoms with Gasteiger partial charge in [-0.1, -0.05) is 11.6 Å². The van der Waals surface area contributed by atoms with Crippen molar-refractivity contribution in [3.05, 3.63) is 58.1 Å². The van der Waals surface area contributed by atoms with Gasteiger partial charge in [-0.25, -0.2) is 19.0 Å². The minimum absolute atomic E-state index is 0.237. The largest absolute Gasteiger partial charge is 0.481 e. The van der Waals surface area contributed by atoms with Crippen LogP contribution in [0.15, 0.2) is 30.3 Å². The number of rotatable bonds is 4. The van der Waals surface area contributed by atoms with Gasteiger partial charge in [-0.2, -0.15) is 0 Å². The first-order chi connectivity index (χ1) is 12.7. The van der Waals surface area contributed by atoms with Crippen LogP contribution in [-0.4, -0.2) is 18.0 Å². The van der Waals surface area contributed by atoms with Crippen molar-refractivity contribution in [1.82, 2.24) is 10.9 Å². The molecule has 0 radical (unpaired) electrons. The lowest BCUT2D eigenvalue weighted by Gasteiger charge is -2.16. The quantitative estimate of drug-likeness (QED) is 0.685. The van der Waals surface area contributed by atoms with Crippen molar-refractivity contribution in [3.63, 3.8) is 0 Å². The summed E-state index contributed by atoms with van der Waals surface area (Å²) in [6.45, 7) is 5.12. The molecule has 0 saturated heterocycles. The lowest BCUT2D eigenvalue weighted by molar-refractivity contribution is -0.127. The van der Waals surface area contributed by atoms with Crippen molar-refractivity contribution < 1.29 is 23.1 Å². The molecule has 2 aromatic carbocycles. The highest BCUT2D eigenvalue weighted by atomic mass is 35.5. The first kappa shape index (κ1) is 20.4. The van der Waals surface area contributed by atoms with Crippen LogP contribution in [0.25, 0.3) is 0 Å². The van der Waals surface area contributed by atoms with Crippen molar-refractivity contribution in [1.29, 1.82) is 0 Å². The summed E-state index contributed by atoms with van der Waals surface area (Å²) in [6, 6.07) is 5.15. The van der Waals surface area contributed by atoms with E-state index >= 15 is 0 Å². The van der Waals surface area contributed by atoms with Crippen LogP contribution in [0, 0.1) is 25.5 Å². The molecule has 0 spiro atoms. The number of hydrazine groups is 1. The van der Waals surface area contributed by atoms with Crippen molar-refractivity contribution in [2.24, 2.45) is 0 Å².